The maximum Gasteiger partial charge on any atom is 0.213 e. The molecule has 2 heterocycles. The molecule has 1 fully saturated rings. The summed E-state index contributed by atoms with van der Waals surface area (Å²) in [6, 6.07) is 0.346. The highest BCUT2D eigenvalue weighted by atomic mass is 32.2. The zero-order chi connectivity index (χ0) is 13.0. The van der Waals surface area contributed by atoms with Crippen LogP contribution >= 0.6 is 0 Å². The standard InChI is InChI=1S/C11H19N3O3S/c1-2-18(15,16)14-5-3-10(4-6-14)13-8-11-7-12-9-17-11/h7,9-10,13H,2-6,8H2,1H3. The predicted octanol–water partition coefficient (Wildman–Crippen LogP) is 0.578. The molecule has 1 N–H and O–H groups in total. The Balaban J connectivity index is 1.77. The van der Waals surface area contributed by atoms with Gasteiger partial charge in [-0.3, -0.25) is 0 Å². The summed E-state index contributed by atoms with van der Waals surface area (Å²) in [4.78, 5) is 3.85. The lowest BCUT2D eigenvalue weighted by Gasteiger charge is -2.31. The van der Waals surface area contributed by atoms with Crippen molar-refractivity contribution in [2.24, 2.45) is 0 Å². The third-order valence-electron chi connectivity index (χ3n) is 3.26. The Hall–Kier alpha value is -0.920. The van der Waals surface area contributed by atoms with E-state index in [1.54, 1.807) is 17.4 Å². The Morgan fingerprint density at radius 1 is 1.50 bits per heavy atom. The molecule has 1 aliphatic heterocycles. The molecule has 0 radical (unpaired) electrons. The minimum atomic E-state index is -3.03. The van der Waals surface area contributed by atoms with E-state index in [2.05, 4.69) is 10.3 Å². The summed E-state index contributed by atoms with van der Waals surface area (Å²) < 4.78 is 30.1. The Bertz CT molecular complexity index is 450. The van der Waals surface area contributed by atoms with Crippen LogP contribution in [-0.2, 0) is 16.6 Å². The fourth-order valence-electron chi connectivity index (χ4n) is 2.10. The molecule has 1 aliphatic rings. The van der Waals surface area contributed by atoms with Crippen molar-refractivity contribution >= 4 is 10.0 Å². The third-order valence-corrected chi connectivity index (χ3v) is 5.14. The van der Waals surface area contributed by atoms with Gasteiger partial charge in [-0.2, -0.15) is 0 Å². The van der Waals surface area contributed by atoms with E-state index < -0.39 is 10.0 Å². The van der Waals surface area contributed by atoms with E-state index in [0.29, 0.717) is 25.7 Å². The zero-order valence-electron chi connectivity index (χ0n) is 10.5. The first-order valence-corrected chi connectivity index (χ1v) is 7.81. The molecule has 6 nitrogen and oxygen atoms in total. The van der Waals surface area contributed by atoms with Gasteiger partial charge in [0.25, 0.3) is 0 Å². The Labute approximate surface area is 107 Å². The van der Waals surface area contributed by atoms with Gasteiger partial charge in [0.2, 0.25) is 10.0 Å². The van der Waals surface area contributed by atoms with Crippen molar-refractivity contribution in [1.82, 2.24) is 14.6 Å². The molecule has 1 aromatic heterocycles. The van der Waals surface area contributed by atoms with Crippen molar-refractivity contribution in [1.29, 1.82) is 0 Å². The van der Waals surface area contributed by atoms with Gasteiger partial charge in [0.05, 0.1) is 18.5 Å². The van der Waals surface area contributed by atoms with Crippen LogP contribution in [0, 0.1) is 0 Å². The molecule has 0 aliphatic carbocycles. The molecular formula is C11H19N3O3S. The van der Waals surface area contributed by atoms with E-state index in [4.69, 9.17) is 4.42 Å². The first kappa shape index (κ1) is 13.5. The predicted molar refractivity (Wildman–Crippen MR) is 67.4 cm³/mol. The molecule has 2 rings (SSSR count). The van der Waals surface area contributed by atoms with E-state index in [9.17, 15) is 8.42 Å². The van der Waals surface area contributed by atoms with Crippen LogP contribution in [0.4, 0.5) is 0 Å². The van der Waals surface area contributed by atoms with Gasteiger partial charge >= 0.3 is 0 Å². The van der Waals surface area contributed by atoms with Crippen molar-refractivity contribution < 1.29 is 12.8 Å². The van der Waals surface area contributed by atoms with Gasteiger partial charge in [0.15, 0.2) is 6.39 Å². The van der Waals surface area contributed by atoms with E-state index in [1.807, 2.05) is 0 Å². The fraction of sp³-hybridized carbons (Fsp3) is 0.727. The Morgan fingerprint density at radius 3 is 2.78 bits per heavy atom. The summed E-state index contributed by atoms with van der Waals surface area (Å²) in [5.74, 6) is 0.988. The van der Waals surface area contributed by atoms with Crippen molar-refractivity contribution in [2.75, 3.05) is 18.8 Å². The maximum atomic E-state index is 11.7. The summed E-state index contributed by atoms with van der Waals surface area (Å²) in [5.41, 5.74) is 0. The summed E-state index contributed by atoms with van der Waals surface area (Å²) in [6.45, 7) is 3.53. The largest absolute Gasteiger partial charge is 0.447 e. The summed E-state index contributed by atoms with van der Waals surface area (Å²) in [6.07, 6.45) is 4.78. The van der Waals surface area contributed by atoms with Crippen LogP contribution in [-0.4, -0.2) is 42.6 Å². The average molecular weight is 273 g/mol. The first-order chi connectivity index (χ1) is 8.62. The van der Waals surface area contributed by atoms with Crippen molar-refractivity contribution in [3.63, 3.8) is 0 Å². The van der Waals surface area contributed by atoms with Crippen LogP contribution in [0.1, 0.15) is 25.5 Å². The van der Waals surface area contributed by atoms with Crippen molar-refractivity contribution in [3.05, 3.63) is 18.4 Å². The molecule has 0 saturated carbocycles. The van der Waals surface area contributed by atoms with Crippen LogP contribution in [0.5, 0.6) is 0 Å². The van der Waals surface area contributed by atoms with Crippen molar-refractivity contribution in [2.45, 2.75) is 32.4 Å². The number of aromatic nitrogens is 1. The second-order valence-electron chi connectivity index (χ2n) is 4.42. The maximum absolute atomic E-state index is 11.7. The minimum absolute atomic E-state index is 0.184. The summed E-state index contributed by atoms with van der Waals surface area (Å²) in [5, 5.41) is 3.36. The van der Waals surface area contributed by atoms with Gasteiger partial charge in [0, 0.05) is 19.1 Å². The second kappa shape index (κ2) is 5.81. The van der Waals surface area contributed by atoms with E-state index in [1.165, 1.54) is 6.39 Å². The third kappa shape index (κ3) is 3.30. The van der Waals surface area contributed by atoms with Crippen molar-refractivity contribution in [3.8, 4) is 0 Å². The monoisotopic (exact) mass is 273 g/mol. The first-order valence-electron chi connectivity index (χ1n) is 6.20. The smallest absolute Gasteiger partial charge is 0.213 e. The lowest BCUT2D eigenvalue weighted by Crippen LogP contribution is -2.45. The van der Waals surface area contributed by atoms with E-state index >= 15 is 0 Å². The molecule has 102 valence electrons. The zero-order valence-corrected chi connectivity index (χ0v) is 11.3. The van der Waals surface area contributed by atoms with E-state index in [0.717, 1.165) is 18.6 Å². The quantitative estimate of drug-likeness (QED) is 0.849. The molecular weight excluding hydrogens is 254 g/mol. The molecule has 0 atom stereocenters. The van der Waals surface area contributed by atoms with Gasteiger partial charge in [-0.1, -0.05) is 0 Å². The van der Waals surface area contributed by atoms with Gasteiger partial charge in [-0.25, -0.2) is 17.7 Å². The Morgan fingerprint density at radius 2 is 2.22 bits per heavy atom. The number of rotatable bonds is 5. The van der Waals surface area contributed by atoms with Crippen LogP contribution in [0.2, 0.25) is 0 Å². The Kier molecular flexibility index (Phi) is 4.36. The molecule has 18 heavy (non-hydrogen) atoms. The molecule has 0 spiro atoms. The van der Waals surface area contributed by atoms with Gasteiger partial charge in [-0.15, -0.1) is 0 Å². The highest BCUT2D eigenvalue weighted by molar-refractivity contribution is 7.89. The molecule has 0 unspecified atom stereocenters. The fourth-order valence-corrected chi connectivity index (χ4v) is 3.23. The number of sulfonamides is 1. The van der Waals surface area contributed by atoms with Crippen LogP contribution in [0.15, 0.2) is 17.0 Å². The molecule has 0 bridgehead atoms. The van der Waals surface area contributed by atoms with Crippen LogP contribution in [0.3, 0.4) is 0 Å². The van der Waals surface area contributed by atoms with Crippen LogP contribution in [0.25, 0.3) is 0 Å². The highest BCUT2D eigenvalue weighted by Gasteiger charge is 2.26. The summed E-state index contributed by atoms with van der Waals surface area (Å²) >= 11 is 0. The lowest BCUT2D eigenvalue weighted by atomic mass is 10.1. The molecule has 1 saturated heterocycles. The number of hydrogen-bond acceptors (Lipinski definition) is 5. The van der Waals surface area contributed by atoms with E-state index in [-0.39, 0.29) is 5.75 Å². The number of nitrogens with one attached hydrogen (secondary N) is 1. The van der Waals surface area contributed by atoms with Gasteiger partial charge in [-0.05, 0) is 19.8 Å². The number of hydrogen-bond donors (Lipinski definition) is 1. The summed E-state index contributed by atoms with van der Waals surface area (Å²) in [7, 11) is -3.03. The van der Waals surface area contributed by atoms with Crippen LogP contribution < -0.4 is 5.32 Å². The lowest BCUT2D eigenvalue weighted by molar-refractivity contribution is 0.284. The SMILES string of the molecule is CCS(=O)(=O)N1CCC(NCc2cnco2)CC1. The topological polar surface area (TPSA) is 75.4 Å². The normalized spacial score (nSPS) is 19.2. The molecule has 0 aromatic carbocycles. The molecule has 1 aromatic rings. The minimum Gasteiger partial charge on any atom is -0.447 e. The highest BCUT2D eigenvalue weighted by Crippen LogP contribution is 2.14. The number of nitrogens with zero attached hydrogens (tertiary/aromatic N) is 2. The van der Waals surface area contributed by atoms with Gasteiger partial charge in [0.1, 0.15) is 5.76 Å². The average Bonchev–Trinajstić information content (AvgIpc) is 2.90. The molecule has 7 heteroatoms. The number of piperidine rings is 1. The second-order valence-corrected chi connectivity index (χ2v) is 6.68. The number of oxazole rings is 1. The van der Waals surface area contributed by atoms with Gasteiger partial charge < -0.3 is 9.73 Å². The molecule has 0 amide bonds.